The minimum absolute atomic E-state index is 0.00273. The van der Waals surface area contributed by atoms with Crippen molar-refractivity contribution in [3.8, 4) is 0 Å². The van der Waals surface area contributed by atoms with Gasteiger partial charge in [-0.05, 0) is 36.1 Å². The highest BCUT2D eigenvalue weighted by Gasteiger charge is 2.54. The molecule has 1 amide bonds. The lowest BCUT2D eigenvalue weighted by Gasteiger charge is -2.51. The molecule has 1 atom stereocenters. The Morgan fingerprint density at radius 3 is 2.70 bits per heavy atom. The molecule has 0 bridgehead atoms. The van der Waals surface area contributed by atoms with Crippen LogP contribution in [0.3, 0.4) is 0 Å². The van der Waals surface area contributed by atoms with Crippen molar-refractivity contribution < 1.29 is 14.6 Å². The molecule has 0 aliphatic carbocycles. The molecule has 5 heteroatoms. The van der Waals surface area contributed by atoms with Crippen molar-refractivity contribution in [1.82, 2.24) is 5.32 Å². The van der Waals surface area contributed by atoms with E-state index in [0.717, 1.165) is 15.6 Å². The number of fused-ring (bicyclic) bond motifs is 2. The molecule has 4 nitrogen and oxygen atoms in total. The van der Waals surface area contributed by atoms with Gasteiger partial charge < -0.3 is 15.2 Å². The predicted octanol–water partition coefficient (Wildman–Crippen LogP) is 1.83. The fourth-order valence-electron chi connectivity index (χ4n) is 3.36. The summed E-state index contributed by atoms with van der Waals surface area (Å²) in [4.78, 5) is 12.7. The molecule has 20 heavy (non-hydrogen) atoms. The van der Waals surface area contributed by atoms with E-state index in [4.69, 9.17) is 4.74 Å². The molecule has 1 fully saturated rings. The molecule has 108 valence electrons. The topological polar surface area (TPSA) is 58.6 Å². The van der Waals surface area contributed by atoms with Crippen molar-refractivity contribution in [2.24, 2.45) is 0 Å². The van der Waals surface area contributed by atoms with Crippen LogP contribution in [0.4, 0.5) is 0 Å². The number of hydrogen-bond acceptors (Lipinski definition) is 3. The molecule has 2 heterocycles. The number of carbonyl (C=O) groups is 1. The highest BCUT2D eigenvalue weighted by atomic mass is 79.9. The van der Waals surface area contributed by atoms with E-state index >= 15 is 0 Å². The van der Waals surface area contributed by atoms with Gasteiger partial charge in [0.15, 0.2) is 0 Å². The number of benzene rings is 1. The van der Waals surface area contributed by atoms with Gasteiger partial charge in [-0.3, -0.25) is 4.79 Å². The Hall–Kier alpha value is -0.910. The SMILES string of the molecule is CCC1(CCO)C(=O)NC2(COC2)c2ccc(Br)cc21. The van der Waals surface area contributed by atoms with Crippen LogP contribution in [0.25, 0.3) is 0 Å². The zero-order chi connectivity index (χ0) is 14.4. The summed E-state index contributed by atoms with van der Waals surface area (Å²) in [5.74, 6) is 0.00273. The molecule has 0 radical (unpaired) electrons. The van der Waals surface area contributed by atoms with Crippen LogP contribution >= 0.6 is 15.9 Å². The Bertz CT molecular complexity index is 556. The van der Waals surface area contributed by atoms with Crippen molar-refractivity contribution in [2.75, 3.05) is 19.8 Å². The summed E-state index contributed by atoms with van der Waals surface area (Å²) < 4.78 is 6.29. The zero-order valence-corrected chi connectivity index (χ0v) is 13.0. The first-order valence-electron chi connectivity index (χ1n) is 6.90. The molecule has 1 saturated heterocycles. The molecule has 1 unspecified atom stereocenters. The smallest absolute Gasteiger partial charge is 0.231 e. The Balaban J connectivity index is 2.21. The van der Waals surface area contributed by atoms with Gasteiger partial charge in [0.2, 0.25) is 5.91 Å². The van der Waals surface area contributed by atoms with Crippen LogP contribution in [0, 0.1) is 0 Å². The van der Waals surface area contributed by atoms with Crippen LogP contribution in [0.1, 0.15) is 30.9 Å². The number of amides is 1. The maximum absolute atomic E-state index is 12.7. The predicted molar refractivity (Wildman–Crippen MR) is 78.5 cm³/mol. The van der Waals surface area contributed by atoms with Crippen molar-refractivity contribution >= 4 is 21.8 Å². The summed E-state index contributed by atoms with van der Waals surface area (Å²) in [5.41, 5.74) is 1.13. The highest BCUT2D eigenvalue weighted by molar-refractivity contribution is 9.10. The van der Waals surface area contributed by atoms with Gasteiger partial charge in [-0.1, -0.05) is 28.9 Å². The largest absolute Gasteiger partial charge is 0.396 e. The second-order valence-electron chi connectivity index (χ2n) is 5.63. The molecule has 1 spiro atoms. The number of nitrogens with one attached hydrogen (secondary N) is 1. The van der Waals surface area contributed by atoms with Crippen LogP contribution in [-0.4, -0.2) is 30.8 Å². The summed E-state index contributed by atoms with van der Waals surface area (Å²) in [7, 11) is 0. The van der Waals surface area contributed by atoms with Crippen LogP contribution in [-0.2, 0) is 20.5 Å². The summed E-state index contributed by atoms with van der Waals surface area (Å²) in [5, 5.41) is 12.6. The summed E-state index contributed by atoms with van der Waals surface area (Å²) in [6.07, 6.45) is 1.11. The van der Waals surface area contributed by atoms with Crippen molar-refractivity contribution in [3.63, 3.8) is 0 Å². The van der Waals surface area contributed by atoms with Crippen LogP contribution in [0.15, 0.2) is 22.7 Å². The van der Waals surface area contributed by atoms with E-state index in [2.05, 4.69) is 27.3 Å². The molecule has 0 saturated carbocycles. The van der Waals surface area contributed by atoms with Gasteiger partial charge in [0.25, 0.3) is 0 Å². The van der Waals surface area contributed by atoms with Gasteiger partial charge >= 0.3 is 0 Å². The van der Waals surface area contributed by atoms with E-state index in [9.17, 15) is 9.90 Å². The van der Waals surface area contributed by atoms with E-state index in [1.54, 1.807) is 0 Å². The molecule has 1 aromatic carbocycles. The number of aliphatic hydroxyl groups excluding tert-OH is 1. The number of aliphatic hydroxyl groups is 1. The standard InChI is InChI=1S/C15H18BrNO3/c1-2-14(5-6-18)12-7-10(16)3-4-11(12)15(8-20-9-15)17-13(14)19/h3-4,7,18H,2,5-6,8-9H2,1H3,(H,17,19). The lowest BCUT2D eigenvalue weighted by Crippen LogP contribution is -2.67. The van der Waals surface area contributed by atoms with Gasteiger partial charge in [-0.25, -0.2) is 0 Å². The second-order valence-corrected chi connectivity index (χ2v) is 6.54. The van der Waals surface area contributed by atoms with E-state index in [-0.39, 0.29) is 18.1 Å². The first kappa shape index (κ1) is 14.0. The third-order valence-corrected chi connectivity index (χ3v) is 5.13. The molecular weight excluding hydrogens is 322 g/mol. The fraction of sp³-hybridized carbons (Fsp3) is 0.533. The van der Waals surface area contributed by atoms with E-state index in [0.29, 0.717) is 26.1 Å². The van der Waals surface area contributed by atoms with Gasteiger partial charge in [0.1, 0.15) is 5.54 Å². The third kappa shape index (κ3) is 1.76. The van der Waals surface area contributed by atoms with E-state index in [1.807, 2.05) is 19.1 Å². The second kappa shape index (κ2) is 4.83. The summed E-state index contributed by atoms with van der Waals surface area (Å²) in [6, 6.07) is 6.08. The van der Waals surface area contributed by atoms with Crippen molar-refractivity contribution in [2.45, 2.75) is 30.7 Å². The maximum atomic E-state index is 12.7. The molecule has 2 aliphatic heterocycles. The quantitative estimate of drug-likeness (QED) is 0.883. The van der Waals surface area contributed by atoms with Crippen molar-refractivity contribution in [3.05, 3.63) is 33.8 Å². The normalized spacial score (nSPS) is 26.9. The lowest BCUT2D eigenvalue weighted by molar-refractivity contribution is -0.143. The molecule has 1 aromatic rings. The summed E-state index contributed by atoms with van der Waals surface area (Å²) in [6.45, 7) is 3.03. The molecule has 2 N–H and O–H groups in total. The first-order valence-corrected chi connectivity index (χ1v) is 7.69. The van der Waals surface area contributed by atoms with Crippen molar-refractivity contribution in [1.29, 1.82) is 0 Å². The minimum atomic E-state index is -0.644. The molecule has 3 rings (SSSR count). The average Bonchev–Trinajstić information content (AvgIpc) is 2.40. The Labute approximate surface area is 126 Å². The van der Waals surface area contributed by atoms with Gasteiger partial charge in [-0.2, -0.15) is 0 Å². The average molecular weight is 340 g/mol. The van der Waals surface area contributed by atoms with Crippen LogP contribution in [0.2, 0.25) is 0 Å². The number of carbonyl (C=O) groups excluding carboxylic acids is 1. The number of ether oxygens (including phenoxy) is 1. The Morgan fingerprint density at radius 2 is 2.15 bits per heavy atom. The minimum Gasteiger partial charge on any atom is -0.396 e. The van der Waals surface area contributed by atoms with Gasteiger partial charge in [0, 0.05) is 11.1 Å². The zero-order valence-electron chi connectivity index (χ0n) is 11.4. The summed E-state index contributed by atoms with van der Waals surface area (Å²) >= 11 is 3.49. The Morgan fingerprint density at radius 1 is 1.40 bits per heavy atom. The van der Waals surface area contributed by atoms with E-state index in [1.165, 1.54) is 0 Å². The highest BCUT2D eigenvalue weighted by Crippen LogP contribution is 2.46. The number of rotatable bonds is 3. The lowest BCUT2D eigenvalue weighted by atomic mass is 9.65. The molecule has 2 aliphatic rings. The first-order chi connectivity index (χ1) is 9.58. The molecule has 0 aromatic heterocycles. The Kier molecular flexibility index (Phi) is 3.39. The molecular formula is C15H18BrNO3. The van der Waals surface area contributed by atoms with Crippen LogP contribution in [0.5, 0.6) is 0 Å². The number of halogens is 1. The number of hydrogen-bond donors (Lipinski definition) is 2. The monoisotopic (exact) mass is 339 g/mol. The third-order valence-electron chi connectivity index (χ3n) is 4.64. The fourth-order valence-corrected chi connectivity index (χ4v) is 3.72. The van der Waals surface area contributed by atoms with Gasteiger partial charge in [0.05, 0.1) is 18.6 Å². The van der Waals surface area contributed by atoms with Crippen LogP contribution < -0.4 is 5.32 Å². The maximum Gasteiger partial charge on any atom is 0.231 e. The van der Waals surface area contributed by atoms with Gasteiger partial charge in [-0.15, -0.1) is 0 Å². The van der Waals surface area contributed by atoms with E-state index < -0.39 is 5.41 Å².